The molecular weight excluding hydrogens is 326 g/mol. The Morgan fingerprint density at radius 3 is 2.59 bits per heavy atom. The summed E-state index contributed by atoms with van der Waals surface area (Å²) >= 11 is 0. The number of hydrogen-bond donors (Lipinski definition) is 3. The minimum Gasteiger partial charge on any atom is -0.354 e. The van der Waals surface area contributed by atoms with E-state index in [-0.39, 0.29) is 42.7 Å². The minimum atomic E-state index is -3.31. The lowest BCUT2D eigenvalue weighted by molar-refractivity contribution is -0.122. The standard InChI is InChI=1S/C14H27N3O3S.ClH/c1-10(2)17-21(19,20)8-7-15-14(18)13-9-11-5-3-4-6-12(11)16-13;/h10-13,16-17H,3-9H2,1-2H3,(H,15,18);1H. The number of fused-ring (bicyclic) bond motifs is 1. The number of halogens is 1. The normalized spacial score (nSPS) is 28.0. The molecule has 3 unspecified atom stereocenters. The first-order chi connectivity index (χ1) is 9.87. The molecule has 0 aromatic heterocycles. The zero-order valence-corrected chi connectivity index (χ0v) is 14.9. The Morgan fingerprint density at radius 1 is 1.27 bits per heavy atom. The van der Waals surface area contributed by atoms with Gasteiger partial charge in [0.15, 0.2) is 0 Å². The lowest BCUT2D eigenvalue weighted by Gasteiger charge is -2.24. The predicted molar refractivity (Wildman–Crippen MR) is 89.6 cm³/mol. The van der Waals surface area contributed by atoms with Crippen LogP contribution in [-0.2, 0) is 14.8 Å². The molecule has 0 aromatic carbocycles. The van der Waals surface area contributed by atoms with Gasteiger partial charge in [-0.15, -0.1) is 12.4 Å². The van der Waals surface area contributed by atoms with Crippen molar-refractivity contribution in [2.24, 2.45) is 5.92 Å². The third kappa shape index (κ3) is 5.68. The summed E-state index contributed by atoms with van der Waals surface area (Å²) in [6, 6.07) is 0.199. The Hall–Kier alpha value is -0.370. The quantitative estimate of drug-likeness (QED) is 0.658. The van der Waals surface area contributed by atoms with Gasteiger partial charge in [0.05, 0.1) is 11.8 Å². The second kappa shape index (κ2) is 8.47. The summed E-state index contributed by atoms with van der Waals surface area (Å²) in [7, 11) is -3.31. The fourth-order valence-electron chi connectivity index (χ4n) is 3.37. The van der Waals surface area contributed by atoms with Crippen LogP contribution < -0.4 is 15.4 Å². The topological polar surface area (TPSA) is 87.3 Å². The van der Waals surface area contributed by atoms with Crippen molar-refractivity contribution < 1.29 is 13.2 Å². The van der Waals surface area contributed by atoms with E-state index in [1.165, 1.54) is 19.3 Å². The van der Waals surface area contributed by atoms with Crippen LogP contribution in [0.3, 0.4) is 0 Å². The first kappa shape index (κ1) is 19.7. The summed E-state index contributed by atoms with van der Waals surface area (Å²) in [6.45, 7) is 3.72. The van der Waals surface area contributed by atoms with Gasteiger partial charge in [0.2, 0.25) is 15.9 Å². The van der Waals surface area contributed by atoms with Crippen LogP contribution in [0, 0.1) is 5.92 Å². The molecule has 3 N–H and O–H groups in total. The Balaban J connectivity index is 0.00000242. The van der Waals surface area contributed by atoms with Crippen LogP contribution in [0.5, 0.6) is 0 Å². The number of nitrogens with one attached hydrogen (secondary N) is 3. The van der Waals surface area contributed by atoms with Gasteiger partial charge < -0.3 is 10.6 Å². The van der Waals surface area contributed by atoms with Crippen LogP contribution in [-0.4, -0.2) is 44.7 Å². The van der Waals surface area contributed by atoms with E-state index in [1.54, 1.807) is 13.8 Å². The second-order valence-corrected chi connectivity index (χ2v) is 8.36. The molecule has 8 heteroatoms. The maximum Gasteiger partial charge on any atom is 0.237 e. The third-order valence-electron chi connectivity index (χ3n) is 4.26. The van der Waals surface area contributed by atoms with E-state index in [0.717, 1.165) is 12.8 Å². The van der Waals surface area contributed by atoms with Gasteiger partial charge in [-0.25, -0.2) is 13.1 Å². The Labute approximate surface area is 139 Å². The molecule has 0 bridgehead atoms. The number of sulfonamides is 1. The van der Waals surface area contributed by atoms with Crippen molar-refractivity contribution in [2.45, 2.75) is 64.1 Å². The molecule has 1 aliphatic carbocycles. The third-order valence-corrected chi connectivity index (χ3v) is 5.84. The van der Waals surface area contributed by atoms with E-state index in [0.29, 0.717) is 12.0 Å². The molecule has 1 saturated heterocycles. The number of hydrogen-bond acceptors (Lipinski definition) is 4. The fraction of sp³-hybridized carbons (Fsp3) is 0.929. The molecular formula is C14H28ClN3O3S. The number of carbonyl (C=O) groups is 1. The SMILES string of the molecule is CC(C)NS(=O)(=O)CCNC(=O)C1CC2CCCCC2N1.Cl. The van der Waals surface area contributed by atoms with Crippen molar-refractivity contribution in [3.63, 3.8) is 0 Å². The zero-order valence-electron chi connectivity index (χ0n) is 13.3. The van der Waals surface area contributed by atoms with Gasteiger partial charge in [0, 0.05) is 18.6 Å². The highest BCUT2D eigenvalue weighted by molar-refractivity contribution is 7.89. The monoisotopic (exact) mass is 353 g/mol. The number of rotatable bonds is 6. The summed E-state index contributed by atoms with van der Waals surface area (Å²) < 4.78 is 25.8. The first-order valence-electron chi connectivity index (χ1n) is 7.91. The van der Waals surface area contributed by atoms with Crippen LogP contribution in [0.25, 0.3) is 0 Å². The van der Waals surface area contributed by atoms with E-state index in [4.69, 9.17) is 0 Å². The summed E-state index contributed by atoms with van der Waals surface area (Å²) in [4.78, 5) is 12.1. The van der Waals surface area contributed by atoms with Crippen molar-refractivity contribution >= 4 is 28.3 Å². The van der Waals surface area contributed by atoms with Crippen molar-refractivity contribution in [2.75, 3.05) is 12.3 Å². The summed E-state index contributed by atoms with van der Waals surface area (Å²) in [5.74, 6) is 0.473. The maximum atomic E-state index is 12.1. The lowest BCUT2D eigenvalue weighted by atomic mass is 9.85. The molecule has 1 heterocycles. The average Bonchev–Trinajstić information content (AvgIpc) is 2.80. The highest BCUT2D eigenvalue weighted by atomic mass is 35.5. The molecule has 130 valence electrons. The highest BCUT2D eigenvalue weighted by Crippen LogP contribution is 2.33. The van der Waals surface area contributed by atoms with Gasteiger partial charge in [-0.05, 0) is 39.0 Å². The number of amides is 1. The smallest absolute Gasteiger partial charge is 0.237 e. The van der Waals surface area contributed by atoms with E-state index in [9.17, 15) is 13.2 Å². The molecule has 2 aliphatic rings. The van der Waals surface area contributed by atoms with E-state index < -0.39 is 10.0 Å². The van der Waals surface area contributed by atoms with E-state index in [1.807, 2.05) is 0 Å². The van der Waals surface area contributed by atoms with Crippen LogP contribution >= 0.6 is 12.4 Å². The molecule has 2 rings (SSSR count). The molecule has 1 amide bonds. The maximum absolute atomic E-state index is 12.1. The van der Waals surface area contributed by atoms with Gasteiger partial charge in [-0.2, -0.15) is 0 Å². The molecule has 0 radical (unpaired) electrons. The molecule has 0 aromatic rings. The fourth-order valence-corrected chi connectivity index (χ4v) is 4.58. The Kier molecular flexibility index (Phi) is 7.58. The largest absolute Gasteiger partial charge is 0.354 e. The van der Waals surface area contributed by atoms with Crippen LogP contribution in [0.15, 0.2) is 0 Å². The summed E-state index contributed by atoms with van der Waals surface area (Å²) in [6.07, 6.45) is 5.74. The molecule has 0 spiro atoms. The minimum absolute atomic E-state index is 0. The van der Waals surface area contributed by atoms with Gasteiger partial charge in [0.1, 0.15) is 0 Å². The van der Waals surface area contributed by atoms with Gasteiger partial charge in [0.25, 0.3) is 0 Å². The lowest BCUT2D eigenvalue weighted by Crippen LogP contribution is -2.45. The molecule has 3 atom stereocenters. The van der Waals surface area contributed by atoms with Gasteiger partial charge in [-0.1, -0.05) is 12.8 Å². The van der Waals surface area contributed by atoms with Crippen molar-refractivity contribution in [3.8, 4) is 0 Å². The molecule has 6 nitrogen and oxygen atoms in total. The Bertz CT molecular complexity index is 456. The van der Waals surface area contributed by atoms with Crippen molar-refractivity contribution in [1.29, 1.82) is 0 Å². The summed E-state index contributed by atoms with van der Waals surface area (Å²) in [5.41, 5.74) is 0. The van der Waals surface area contributed by atoms with Gasteiger partial charge in [-0.3, -0.25) is 4.79 Å². The summed E-state index contributed by atoms with van der Waals surface area (Å²) in [5, 5.41) is 6.14. The van der Waals surface area contributed by atoms with Crippen LogP contribution in [0.2, 0.25) is 0 Å². The molecule has 2 fully saturated rings. The van der Waals surface area contributed by atoms with E-state index >= 15 is 0 Å². The second-order valence-electron chi connectivity index (χ2n) is 6.49. The van der Waals surface area contributed by atoms with Gasteiger partial charge >= 0.3 is 0 Å². The van der Waals surface area contributed by atoms with Crippen molar-refractivity contribution in [1.82, 2.24) is 15.4 Å². The highest BCUT2D eigenvalue weighted by Gasteiger charge is 2.38. The molecule has 1 saturated carbocycles. The van der Waals surface area contributed by atoms with Crippen LogP contribution in [0.4, 0.5) is 0 Å². The van der Waals surface area contributed by atoms with Crippen molar-refractivity contribution in [3.05, 3.63) is 0 Å². The van der Waals surface area contributed by atoms with Crippen LogP contribution in [0.1, 0.15) is 46.0 Å². The first-order valence-corrected chi connectivity index (χ1v) is 9.56. The predicted octanol–water partition coefficient (Wildman–Crippen LogP) is 0.773. The Morgan fingerprint density at radius 2 is 1.95 bits per heavy atom. The average molecular weight is 354 g/mol. The molecule has 1 aliphatic heterocycles. The zero-order chi connectivity index (χ0) is 15.5. The molecule has 22 heavy (non-hydrogen) atoms. The van der Waals surface area contributed by atoms with E-state index in [2.05, 4.69) is 15.4 Å². The number of carbonyl (C=O) groups excluding carboxylic acids is 1.